The molecule has 0 spiro atoms. The van der Waals surface area contributed by atoms with Gasteiger partial charge in [0.2, 0.25) is 0 Å². The molecule has 6 aromatic carbocycles. The van der Waals surface area contributed by atoms with Gasteiger partial charge in [0.1, 0.15) is 0 Å². The minimum atomic E-state index is -0.0347. The van der Waals surface area contributed by atoms with Crippen LogP contribution in [0.1, 0.15) is 43.2 Å². The number of hydrogen-bond acceptors (Lipinski definition) is 4. The Morgan fingerprint density at radius 1 is 0.464 bits per heavy atom. The third-order valence-corrected chi connectivity index (χ3v) is 13.2. The summed E-state index contributed by atoms with van der Waals surface area (Å²) >= 11 is 0. The minimum Gasteiger partial charge on any atom is -0.256 e. The van der Waals surface area contributed by atoms with Crippen molar-refractivity contribution in [1.82, 2.24) is 19.9 Å². The van der Waals surface area contributed by atoms with E-state index in [1.807, 2.05) is 48.7 Å². The molecule has 0 atom stereocenters. The lowest BCUT2D eigenvalue weighted by Crippen LogP contribution is -2.56. The molecule has 4 bridgehead atoms. The summed E-state index contributed by atoms with van der Waals surface area (Å²) in [5.74, 6) is 4.95. The summed E-state index contributed by atoms with van der Waals surface area (Å²) in [6.07, 6.45) is 8.48. The van der Waals surface area contributed by atoms with Crippen molar-refractivity contribution < 1.29 is 0 Å². The van der Waals surface area contributed by atoms with Crippen molar-refractivity contribution in [1.29, 1.82) is 0 Å². The smallest absolute Gasteiger partial charge is 0.187 e. The Kier molecular flexibility index (Phi) is 7.67. The van der Waals surface area contributed by atoms with Crippen molar-refractivity contribution in [3.05, 3.63) is 174 Å². The zero-order valence-corrected chi connectivity index (χ0v) is 31.0. The molecule has 8 aromatic rings. The molecule has 5 nitrogen and oxygen atoms in total. The Hall–Kier alpha value is -6.51. The summed E-state index contributed by atoms with van der Waals surface area (Å²) in [4.78, 5) is 23.3. The fourth-order valence-electron chi connectivity index (χ4n) is 10.9. The first-order valence-corrected chi connectivity index (χ1v) is 19.9. The summed E-state index contributed by atoms with van der Waals surface area (Å²) in [6, 6.07) is 51.8. The van der Waals surface area contributed by atoms with E-state index in [0.717, 1.165) is 45.0 Å². The number of rotatable bonds is 6. The van der Waals surface area contributed by atoms with Gasteiger partial charge in [0.15, 0.2) is 23.2 Å². The van der Waals surface area contributed by atoms with Crippen LogP contribution in [0.4, 0.5) is 5.69 Å². The van der Waals surface area contributed by atoms with Gasteiger partial charge in [0, 0.05) is 33.7 Å². The van der Waals surface area contributed by atoms with Crippen LogP contribution in [0.25, 0.3) is 71.8 Å². The van der Waals surface area contributed by atoms with Gasteiger partial charge >= 0.3 is 0 Å². The lowest BCUT2D eigenvalue weighted by Gasteiger charge is -2.62. The van der Waals surface area contributed by atoms with E-state index in [-0.39, 0.29) is 5.41 Å². The third-order valence-electron chi connectivity index (χ3n) is 13.2. The van der Waals surface area contributed by atoms with Crippen LogP contribution in [0, 0.1) is 30.2 Å². The number of benzene rings is 6. The highest BCUT2D eigenvalue weighted by atomic mass is 15.0. The number of nitrogens with zero attached hydrogens (tertiary/aromatic N) is 5. The highest BCUT2D eigenvalue weighted by Gasteiger charge is 2.58. The van der Waals surface area contributed by atoms with E-state index < -0.39 is 0 Å². The molecule has 0 amide bonds. The van der Waals surface area contributed by atoms with Crippen LogP contribution in [0.15, 0.2) is 152 Å². The van der Waals surface area contributed by atoms with E-state index >= 15 is 0 Å². The summed E-state index contributed by atoms with van der Waals surface area (Å²) in [6.45, 7) is 7.33. The zero-order chi connectivity index (χ0) is 37.2. The molecule has 2 heterocycles. The van der Waals surface area contributed by atoms with E-state index in [0.29, 0.717) is 35.0 Å². The summed E-state index contributed by atoms with van der Waals surface area (Å²) in [7, 11) is 0. The van der Waals surface area contributed by atoms with Crippen molar-refractivity contribution in [2.75, 3.05) is 0 Å². The van der Waals surface area contributed by atoms with Crippen LogP contribution >= 0.6 is 0 Å². The van der Waals surface area contributed by atoms with Crippen molar-refractivity contribution in [2.24, 2.45) is 23.7 Å². The quantitative estimate of drug-likeness (QED) is 0.160. The van der Waals surface area contributed by atoms with Gasteiger partial charge in [-0.2, -0.15) is 0 Å². The average molecular weight is 722 g/mol. The van der Waals surface area contributed by atoms with Gasteiger partial charge in [-0.15, -0.1) is 0 Å². The van der Waals surface area contributed by atoms with Crippen molar-refractivity contribution in [2.45, 2.75) is 37.5 Å². The second-order valence-electron chi connectivity index (χ2n) is 16.3. The van der Waals surface area contributed by atoms with Crippen molar-refractivity contribution in [3.8, 4) is 45.3 Å². The highest BCUT2D eigenvalue weighted by Crippen LogP contribution is 2.65. The van der Waals surface area contributed by atoms with Gasteiger partial charge in [-0.25, -0.2) is 19.8 Å². The van der Waals surface area contributed by atoms with Crippen LogP contribution < -0.4 is 0 Å². The maximum absolute atomic E-state index is 7.33. The van der Waals surface area contributed by atoms with Gasteiger partial charge in [-0.05, 0) is 119 Å². The SMILES string of the molecule is [C-]#[N+]c1ccc(-c2ccc3cc(C4(c5ccc(-c6nc(-c7ccccc7)nc(-c7ccc8ncccc8c7)n6)cc5)C5CC6CC(C5)CC4C6)ccc3c2)cc1. The van der Waals surface area contributed by atoms with E-state index in [1.165, 1.54) is 59.6 Å². The molecule has 268 valence electrons. The third kappa shape index (κ3) is 5.43. The molecule has 0 saturated heterocycles. The Balaban J connectivity index is 1.01. The first kappa shape index (κ1) is 32.9. The molecule has 56 heavy (non-hydrogen) atoms. The normalized spacial score (nSPS) is 22.3. The molecule has 0 unspecified atom stereocenters. The molecular weight excluding hydrogens is 683 g/mol. The summed E-state index contributed by atoms with van der Waals surface area (Å²) in [5, 5.41) is 3.58. The van der Waals surface area contributed by atoms with Crippen LogP contribution in [0.3, 0.4) is 0 Å². The Morgan fingerprint density at radius 3 is 1.75 bits per heavy atom. The van der Waals surface area contributed by atoms with E-state index in [2.05, 4.69) is 113 Å². The van der Waals surface area contributed by atoms with Crippen LogP contribution in [-0.4, -0.2) is 19.9 Å². The summed E-state index contributed by atoms with van der Waals surface area (Å²) in [5.41, 5.74) is 9.67. The molecule has 4 aliphatic carbocycles. The molecule has 0 aliphatic heterocycles. The predicted octanol–water partition coefficient (Wildman–Crippen LogP) is 12.5. The van der Waals surface area contributed by atoms with E-state index in [4.69, 9.17) is 21.5 Å². The van der Waals surface area contributed by atoms with E-state index in [1.54, 1.807) is 0 Å². The Labute approximate surface area is 327 Å². The fourth-order valence-corrected chi connectivity index (χ4v) is 10.9. The lowest BCUT2D eigenvalue weighted by atomic mass is 9.42. The topological polar surface area (TPSA) is 55.9 Å². The van der Waals surface area contributed by atoms with Crippen LogP contribution in [-0.2, 0) is 5.41 Å². The maximum Gasteiger partial charge on any atom is 0.187 e. The monoisotopic (exact) mass is 721 g/mol. The van der Waals surface area contributed by atoms with Crippen molar-refractivity contribution in [3.63, 3.8) is 0 Å². The van der Waals surface area contributed by atoms with Gasteiger partial charge in [-0.3, -0.25) is 4.98 Å². The highest BCUT2D eigenvalue weighted by molar-refractivity contribution is 5.88. The second-order valence-corrected chi connectivity index (χ2v) is 16.3. The first-order valence-electron chi connectivity index (χ1n) is 19.9. The number of fused-ring (bicyclic) bond motifs is 2. The summed E-state index contributed by atoms with van der Waals surface area (Å²) < 4.78 is 0. The molecule has 0 N–H and O–H groups in total. The molecule has 4 fully saturated rings. The fraction of sp³-hybridized carbons (Fsp3) is 0.196. The molecule has 12 rings (SSSR count). The molecule has 5 heteroatoms. The van der Waals surface area contributed by atoms with Gasteiger partial charge in [-0.1, -0.05) is 115 Å². The average Bonchev–Trinajstić information content (AvgIpc) is 3.26. The van der Waals surface area contributed by atoms with Gasteiger partial charge in [0.05, 0.1) is 12.1 Å². The Morgan fingerprint density at radius 2 is 1.04 bits per heavy atom. The standard InChI is InChI=1S/C51H39N5/c1-52-46-20-14-34(15-21-46)37-9-10-39-31-43(19-13-38(39)29-37)51(44-25-32-24-33(27-44)28-45(51)26-32)42-17-11-36(12-18-42)49-54-48(35-6-3-2-4-7-35)55-50(56-49)41-16-22-47-40(30-41)8-5-23-53-47/h2-23,29-33,44-45H,24-28H2. The molecular formula is C51H39N5. The number of aromatic nitrogens is 4. The van der Waals surface area contributed by atoms with Crippen LogP contribution in [0.5, 0.6) is 0 Å². The minimum absolute atomic E-state index is 0.0347. The molecule has 2 aromatic heterocycles. The molecule has 4 saturated carbocycles. The molecule has 4 aliphatic rings. The predicted molar refractivity (Wildman–Crippen MR) is 225 cm³/mol. The van der Waals surface area contributed by atoms with E-state index in [9.17, 15) is 0 Å². The first-order chi connectivity index (χ1) is 27.6. The van der Waals surface area contributed by atoms with Gasteiger partial charge in [0.25, 0.3) is 0 Å². The van der Waals surface area contributed by atoms with Crippen molar-refractivity contribution >= 4 is 27.4 Å². The largest absolute Gasteiger partial charge is 0.256 e. The maximum atomic E-state index is 7.33. The Bertz CT molecular complexity index is 2790. The zero-order valence-electron chi connectivity index (χ0n) is 31.0. The lowest BCUT2D eigenvalue weighted by molar-refractivity contribution is -0.0417. The second kappa shape index (κ2) is 13.1. The van der Waals surface area contributed by atoms with Gasteiger partial charge < -0.3 is 0 Å². The molecule has 0 radical (unpaired) electrons. The van der Waals surface area contributed by atoms with Crippen LogP contribution in [0.2, 0.25) is 0 Å². The number of pyridine rings is 1. The number of hydrogen-bond donors (Lipinski definition) is 0.